The molecule has 5 aromatic rings. The van der Waals surface area contributed by atoms with E-state index in [1.54, 1.807) is 49.6 Å². The number of allylic oxidation sites excluding steroid dienone is 1. The Morgan fingerprint density at radius 1 is 0.783 bits per heavy atom. The number of aromatic nitrogens is 1. The molecule has 0 spiro atoms. The van der Waals surface area contributed by atoms with Gasteiger partial charge in [-0.1, -0.05) is 84.9 Å². The summed E-state index contributed by atoms with van der Waals surface area (Å²) < 4.78 is 46.5. The fraction of sp³-hybridized carbons (Fsp3) is 0.0833. The summed E-state index contributed by atoms with van der Waals surface area (Å²) in [6.07, 6.45) is 1.89. The van der Waals surface area contributed by atoms with Gasteiger partial charge in [-0.2, -0.15) is 0 Å². The third-order valence-corrected chi connectivity index (χ3v) is 7.45. The minimum absolute atomic E-state index is 0.0658. The highest BCUT2D eigenvalue weighted by Crippen LogP contribution is 2.41. The molecule has 0 N–H and O–H groups in total. The van der Waals surface area contributed by atoms with Gasteiger partial charge in [-0.05, 0) is 53.1 Å². The van der Waals surface area contributed by atoms with Gasteiger partial charge in [-0.15, -0.1) is 0 Å². The number of aliphatic imine (C=N–C) groups is 2. The quantitative estimate of drug-likeness (QED) is 0.119. The molecule has 228 valence electrons. The third kappa shape index (κ3) is 6.37. The number of carbonyl (C=O) groups excluding carboxylic acids is 1. The molecular formula is C36H28BF2N3O4. The molecule has 0 aliphatic carbocycles. The van der Waals surface area contributed by atoms with E-state index in [2.05, 4.69) is 4.74 Å². The number of ether oxygens (including phenoxy) is 3. The molecule has 0 fully saturated rings. The van der Waals surface area contributed by atoms with Crippen LogP contribution in [0, 0.1) is 0 Å². The van der Waals surface area contributed by atoms with Crippen molar-refractivity contribution in [3.8, 4) is 33.9 Å². The average molecular weight is 615 g/mol. The molecule has 7 nitrogen and oxygen atoms in total. The average Bonchev–Trinajstić information content (AvgIpc) is 3.70. The predicted octanol–water partition coefficient (Wildman–Crippen LogP) is 7.77. The summed E-state index contributed by atoms with van der Waals surface area (Å²) in [4.78, 5) is 21.3. The van der Waals surface area contributed by atoms with Gasteiger partial charge in [0.15, 0.2) is 12.4 Å². The van der Waals surface area contributed by atoms with Gasteiger partial charge < -0.3 is 18.7 Å². The number of hydrogen-bond donors (Lipinski definition) is 0. The molecule has 46 heavy (non-hydrogen) atoms. The van der Waals surface area contributed by atoms with E-state index in [0.29, 0.717) is 45.2 Å². The Kier molecular flexibility index (Phi) is 8.87. The monoisotopic (exact) mass is 615 g/mol. The predicted molar refractivity (Wildman–Crippen MR) is 177 cm³/mol. The smallest absolute Gasteiger partial charge is 0.497 e. The van der Waals surface area contributed by atoms with Crippen molar-refractivity contribution < 1.29 is 27.6 Å². The highest BCUT2D eigenvalue weighted by atomic mass is 19.2. The van der Waals surface area contributed by atoms with Crippen LogP contribution in [0.25, 0.3) is 28.0 Å². The molecule has 1 aliphatic rings. The van der Waals surface area contributed by atoms with Crippen LogP contribution in [0.2, 0.25) is 0 Å². The Morgan fingerprint density at radius 2 is 1.39 bits per heavy atom. The van der Waals surface area contributed by atoms with Crippen LogP contribution < -0.4 is 9.47 Å². The Bertz CT molecular complexity index is 1940. The zero-order valence-electron chi connectivity index (χ0n) is 25.1. The van der Waals surface area contributed by atoms with Gasteiger partial charge in [-0.25, -0.2) is 14.8 Å². The van der Waals surface area contributed by atoms with Gasteiger partial charge >= 0.3 is 13.4 Å². The molecule has 0 saturated heterocycles. The van der Waals surface area contributed by atoms with Crippen molar-refractivity contribution in [3.63, 3.8) is 0 Å². The number of esters is 1. The van der Waals surface area contributed by atoms with Crippen LogP contribution >= 0.6 is 0 Å². The molecule has 1 aromatic heterocycles. The Hall–Kier alpha value is -5.77. The number of halogens is 2. The fourth-order valence-corrected chi connectivity index (χ4v) is 5.14. The van der Waals surface area contributed by atoms with Gasteiger partial charge in [0.2, 0.25) is 0 Å². The van der Waals surface area contributed by atoms with Gasteiger partial charge in [0, 0.05) is 22.4 Å². The first kappa shape index (κ1) is 30.3. The summed E-state index contributed by atoms with van der Waals surface area (Å²) in [7, 11) is -0.0274. The molecule has 0 unspecified atom stereocenters. The largest absolute Gasteiger partial charge is 0.679 e. The van der Waals surface area contributed by atoms with E-state index in [0.717, 1.165) is 15.6 Å². The second-order valence-electron chi connectivity index (χ2n) is 10.3. The second kappa shape index (κ2) is 13.5. The van der Waals surface area contributed by atoms with Gasteiger partial charge in [0.05, 0.1) is 19.9 Å². The maximum absolute atomic E-state index is 15.0. The van der Waals surface area contributed by atoms with Crippen LogP contribution in [-0.4, -0.2) is 50.2 Å². The third-order valence-electron chi connectivity index (χ3n) is 7.45. The van der Waals surface area contributed by atoms with Gasteiger partial charge in [0.1, 0.15) is 17.3 Å². The first-order valence-electron chi connectivity index (χ1n) is 14.4. The van der Waals surface area contributed by atoms with Crippen molar-refractivity contribution in [2.45, 2.75) is 0 Å². The Labute approximate surface area is 265 Å². The highest BCUT2D eigenvalue weighted by Gasteiger charge is 2.30. The van der Waals surface area contributed by atoms with Gasteiger partial charge in [0.25, 0.3) is 0 Å². The van der Waals surface area contributed by atoms with Crippen LogP contribution in [0.1, 0.15) is 11.1 Å². The minimum Gasteiger partial charge on any atom is -0.497 e. The number of methoxy groups -OCH3 is 2. The summed E-state index contributed by atoms with van der Waals surface area (Å²) in [5, 5.41) is 0. The molecule has 6 rings (SSSR count). The topological polar surface area (TPSA) is 74.4 Å². The Balaban J connectivity index is 1.51. The second-order valence-corrected chi connectivity index (χ2v) is 10.3. The highest BCUT2D eigenvalue weighted by molar-refractivity contribution is 6.43. The number of carbonyl (C=O) groups is 1. The van der Waals surface area contributed by atoms with Crippen LogP contribution in [0.4, 0.5) is 14.4 Å². The molecule has 2 heterocycles. The summed E-state index contributed by atoms with van der Waals surface area (Å²) >= 11 is 0. The Morgan fingerprint density at radius 3 is 2.00 bits per heavy atom. The molecule has 4 aromatic carbocycles. The fourth-order valence-electron chi connectivity index (χ4n) is 5.14. The van der Waals surface area contributed by atoms with Gasteiger partial charge in [-0.3, -0.25) is 8.63 Å². The summed E-state index contributed by atoms with van der Waals surface area (Å²) in [5.74, 6) is 0.955. The van der Waals surface area contributed by atoms with E-state index in [9.17, 15) is 4.79 Å². The zero-order chi connectivity index (χ0) is 32.0. The van der Waals surface area contributed by atoms with E-state index in [1.807, 2.05) is 78.9 Å². The summed E-state index contributed by atoms with van der Waals surface area (Å²) in [5.41, 5.74) is 5.04. The SMILES string of the molecule is COC(=O)COc1ccc(C2=CC(c3ccccc3)=NC2=Nc2c(-c3ccc(OC)cc3)cc(-c3ccccc3)n2B(F)F)cc1. The van der Waals surface area contributed by atoms with Crippen molar-refractivity contribution in [1.82, 2.24) is 4.48 Å². The van der Waals surface area contributed by atoms with Crippen molar-refractivity contribution in [1.29, 1.82) is 0 Å². The molecule has 1 aliphatic heterocycles. The molecule has 0 bridgehead atoms. The number of benzene rings is 4. The molecule has 0 saturated carbocycles. The van der Waals surface area contributed by atoms with E-state index in [-0.39, 0.29) is 18.3 Å². The van der Waals surface area contributed by atoms with Crippen molar-refractivity contribution in [3.05, 3.63) is 132 Å². The molecule has 0 radical (unpaired) electrons. The lowest BCUT2D eigenvalue weighted by molar-refractivity contribution is -0.142. The number of amidine groups is 1. The van der Waals surface area contributed by atoms with Crippen LogP contribution in [-0.2, 0) is 9.53 Å². The molecule has 0 atom stereocenters. The maximum Gasteiger partial charge on any atom is 0.679 e. The van der Waals surface area contributed by atoms with E-state index in [1.165, 1.54) is 7.11 Å². The summed E-state index contributed by atoms with van der Waals surface area (Å²) in [6.45, 7) is -0.227. The lowest BCUT2D eigenvalue weighted by Crippen LogP contribution is -2.14. The lowest BCUT2D eigenvalue weighted by Gasteiger charge is -2.11. The van der Waals surface area contributed by atoms with Crippen molar-refractivity contribution in [2.24, 2.45) is 9.98 Å². The number of nitrogens with zero attached hydrogens (tertiary/aromatic N) is 3. The van der Waals surface area contributed by atoms with Crippen LogP contribution in [0.5, 0.6) is 11.5 Å². The first-order chi connectivity index (χ1) is 22.4. The van der Waals surface area contributed by atoms with Crippen molar-refractivity contribution >= 4 is 36.3 Å². The normalized spacial score (nSPS) is 13.3. The van der Waals surface area contributed by atoms with E-state index >= 15 is 8.63 Å². The van der Waals surface area contributed by atoms with E-state index < -0.39 is 13.4 Å². The lowest BCUT2D eigenvalue weighted by atomic mass is 10.0. The molecular weight excluding hydrogens is 587 g/mol. The summed E-state index contributed by atoms with van der Waals surface area (Å²) in [6, 6.07) is 34.6. The molecule has 10 heteroatoms. The van der Waals surface area contributed by atoms with Crippen LogP contribution in [0.3, 0.4) is 0 Å². The maximum atomic E-state index is 15.0. The van der Waals surface area contributed by atoms with E-state index in [4.69, 9.17) is 19.5 Å². The number of hydrogen-bond acceptors (Lipinski definition) is 5. The first-order valence-corrected chi connectivity index (χ1v) is 14.4. The number of rotatable bonds is 10. The van der Waals surface area contributed by atoms with Crippen LogP contribution in [0.15, 0.2) is 131 Å². The zero-order valence-corrected chi connectivity index (χ0v) is 25.1. The van der Waals surface area contributed by atoms with Crippen molar-refractivity contribution in [2.75, 3.05) is 20.8 Å². The molecule has 0 amide bonds. The standard InChI is InChI=1S/C36H28BF2N3O4/c1-44-28-17-13-25(14-18-28)31-22-33(27-11-7-4-8-12-27)42(37(38)39)36(31)41-35-30(21-32(40-35)26-9-5-3-6-10-26)24-15-19-29(20-16-24)46-23-34(43)45-2/h3-22H,23H2,1-2H3. The minimum atomic E-state index is -2.89.